The molecule has 1 aliphatic rings. The molecule has 1 amide bonds. The second-order valence-corrected chi connectivity index (χ2v) is 8.27. The molecule has 0 radical (unpaired) electrons. The van der Waals surface area contributed by atoms with Gasteiger partial charge in [0.05, 0.1) is 12.2 Å². The van der Waals surface area contributed by atoms with Crippen LogP contribution in [0.5, 0.6) is 5.75 Å². The largest absolute Gasteiger partial charge is 0.494 e. The van der Waals surface area contributed by atoms with Crippen LogP contribution in [0.2, 0.25) is 0 Å². The Labute approximate surface area is 165 Å². The van der Waals surface area contributed by atoms with Crippen LogP contribution in [0.1, 0.15) is 54.7 Å². The highest BCUT2D eigenvalue weighted by molar-refractivity contribution is 7.16. The Hall–Kier alpha value is -2.32. The van der Waals surface area contributed by atoms with Crippen molar-refractivity contribution in [1.82, 2.24) is 0 Å². The van der Waals surface area contributed by atoms with E-state index < -0.39 is 0 Å². The number of ether oxygens (including phenoxy) is 1. The van der Waals surface area contributed by atoms with Crippen molar-refractivity contribution >= 4 is 22.2 Å². The third-order valence-electron chi connectivity index (χ3n) is 5.02. The fraction of sp³-hybridized carbons (Fsp3) is 0.455. The molecule has 0 spiro atoms. The number of nitrogens with zero attached hydrogens (tertiary/aromatic N) is 1. The highest BCUT2D eigenvalue weighted by Crippen LogP contribution is 2.39. The van der Waals surface area contributed by atoms with Gasteiger partial charge in [-0.3, -0.25) is 4.79 Å². The van der Waals surface area contributed by atoms with Crippen molar-refractivity contribution < 1.29 is 9.53 Å². The minimum atomic E-state index is -0.0527. The summed E-state index contributed by atoms with van der Waals surface area (Å²) in [5, 5.41) is 13.2. The Morgan fingerprint density at radius 3 is 2.85 bits per heavy atom. The maximum atomic E-state index is 12.3. The van der Waals surface area contributed by atoms with Crippen LogP contribution in [0.4, 0.5) is 5.00 Å². The first-order valence-electron chi connectivity index (χ1n) is 9.67. The Balaban J connectivity index is 1.49. The third-order valence-corrected chi connectivity index (χ3v) is 6.19. The van der Waals surface area contributed by atoms with Gasteiger partial charge in [0.15, 0.2) is 0 Å². The van der Waals surface area contributed by atoms with E-state index in [1.807, 2.05) is 12.1 Å². The van der Waals surface area contributed by atoms with E-state index in [9.17, 15) is 10.1 Å². The molecule has 3 rings (SSSR count). The number of rotatable bonds is 7. The molecule has 1 N–H and O–H groups in total. The van der Waals surface area contributed by atoms with Crippen molar-refractivity contribution in [2.24, 2.45) is 5.92 Å². The van der Waals surface area contributed by atoms with Crippen LogP contribution in [0.15, 0.2) is 24.3 Å². The fourth-order valence-electron chi connectivity index (χ4n) is 3.39. The average molecular weight is 383 g/mol. The smallest absolute Gasteiger partial charge is 0.225 e. The fourth-order valence-corrected chi connectivity index (χ4v) is 4.77. The molecule has 1 aromatic carbocycles. The minimum absolute atomic E-state index is 0.0527. The predicted molar refractivity (Wildman–Crippen MR) is 109 cm³/mol. The van der Waals surface area contributed by atoms with E-state index in [2.05, 4.69) is 37.4 Å². The van der Waals surface area contributed by atoms with Crippen LogP contribution < -0.4 is 10.1 Å². The van der Waals surface area contributed by atoms with Crippen molar-refractivity contribution in [1.29, 1.82) is 5.26 Å². The first-order valence-corrected chi connectivity index (χ1v) is 10.5. The van der Waals surface area contributed by atoms with Gasteiger partial charge >= 0.3 is 0 Å². The van der Waals surface area contributed by atoms with E-state index in [4.69, 9.17) is 4.74 Å². The molecule has 0 aliphatic heterocycles. The summed E-state index contributed by atoms with van der Waals surface area (Å²) in [5.74, 6) is 1.43. The van der Waals surface area contributed by atoms with Crippen molar-refractivity contribution in [2.45, 2.75) is 52.4 Å². The second kappa shape index (κ2) is 9.05. The number of thiophene rings is 1. The number of nitrogens with one attached hydrogen (secondary N) is 1. The number of nitriles is 1. The lowest BCUT2D eigenvalue weighted by atomic mass is 9.89. The zero-order valence-corrected chi connectivity index (χ0v) is 16.8. The Bertz CT molecular complexity index is 833. The summed E-state index contributed by atoms with van der Waals surface area (Å²) in [6.45, 7) is 4.86. The number of hydrogen-bond donors (Lipinski definition) is 1. The molecular formula is C22H26N2O2S. The number of carbonyl (C=O) groups is 1. The zero-order chi connectivity index (χ0) is 19.2. The molecule has 4 nitrogen and oxygen atoms in total. The van der Waals surface area contributed by atoms with Crippen molar-refractivity contribution in [3.05, 3.63) is 45.8 Å². The maximum Gasteiger partial charge on any atom is 0.225 e. The summed E-state index contributed by atoms with van der Waals surface area (Å²) in [5.41, 5.74) is 3.10. The molecule has 142 valence electrons. The van der Waals surface area contributed by atoms with Crippen molar-refractivity contribution in [3.8, 4) is 11.8 Å². The second-order valence-electron chi connectivity index (χ2n) is 7.17. The summed E-state index contributed by atoms with van der Waals surface area (Å²) >= 11 is 1.57. The van der Waals surface area contributed by atoms with Gasteiger partial charge in [0.25, 0.3) is 0 Å². The molecule has 1 aliphatic carbocycles. The first kappa shape index (κ1) is 19.4. The number of carbonyl (C=O) groups excluding carboxylic acids is 1. The summed E-state index contributed by atoms with van der Waals surface area (Å²) in [6, 6.07) is 10.3. The number of hydrogen-bond acceptors (Lipinski definition) is 4. The summed E-state index contributed by atoms with van der Waals surface area (Å²) < 4.78 is 5.70. The van der Waals surface area contributed by atoms with Gasteiger partial charge in [-0.2, -0.15) is 5.26 Å². The lowest BCUT2D eigenvalue weighted by molar-refractivity contribution is -0.116. The molecule has 0 saturated heterocycles. The molecule has 0 unspecified atom stereocenters. The molecule has 1 heterocycles. The van der Waals surface area contributed by atoms with Gasteiger partial charge in [-0.15, -0.1) is 11.3 Å². The number of benzene rings is 1. The lowest BCUT2D eigenvalue weighted by Crippen LogP contribution is -2.13. The van der Waals surface area contributed by atoms with Crippen LogP contribution in [0, 0.1) is 17.2 Å². The van der Waals surface area contributed by atoms with Crippen molar-refractivity contribution in [2.75, 3.05) is 11.9 Å². The molecule has 0 bridgehead atoms. The molecule has 0 saturated carbocycles. The van der Waals surface area contributed by atoms with Crippen LogP contribution in [-0.2, 0) is 24.1 Å². The number of anilines is 1. The standard InChI is InChI=1S/C22H26N2O2S/c1-3-16-7-9-17(10-8-16)26-12-4-5-21(25)24-22-19(14-23)18-11-6-15(2)13-20(18)27-22/h7-10,15H,3-6,11-13H2,1-2H3,(H,24,25)/t15-/m1/s1. The Morgan fingerprint density at radius 1 is 1.37 bits per heavy atom. The van der Waals surface area contributed by atoms with Gasteiger partial charge in [0, 0.05) is 11.3 Å². The van der Waals surface area contributed by atoms with Crippen molar-refractivity contribution in [3.63, 3.8) is 0 Å². The average Bonchev–Trinajstić information content (AvgIpc) is 3.01. The van der Waals surface area contributed by atoms with E-state index in [0.717, 1.165) is 42.0 Å². The molecule has 1 atom stereocenters. The van der Waals surface area contributed by atoms with Crippen LogP contribution in [0.3, 0.4) is 0 Å². The van der Waals surface area contributed by atoms with E-state index in [0.29, 0.717) is 30.9 Å². The maximum absolute atomic E-state index is 12.3. The van der Waals surface area contributed by atoms with E-state index >= 15 is 0 Å². The van der Waals surface area contributed by atoms with Gasteiger partial charge < -0.3 is 10.1 Å². The molecule has 0 fully saturated rings. The third kappa shape index (κ3) is 4.90. The summed E-state index contributed by atoms with van der Waals surface area (Å²) in [7, 11) is 0. The van der Waals surface area contributed by atoms with E-state index in [1.165, 1.54) is 10.4 Å². The Morgan fingerprint density at radius 2 is 2.15 bits per heavy atom. The number of amides is 1. The summed E-state index contributed by atoms with van der Waals surface area (Å²) in [4.78, 5) is 13.5. The van der Waals surface area contributed by atoms with E-state index in [1.54, 1.807) is 11.3 Å². The van der Waals surface area contributed by atoms with Gasteiger partial charge in [-0.1, -0.05) is 26.0 Å². The quantitative estimate of drug-likeness (QED) is 0.677. The number of aryl methyl sites for hydroxylation is 1. The van der Waals surface area contributed by atoms with Gasteiger partial charge in [0.2, 0.25) is 5.91 Å². The molecule has 2 aromatic rings. The SMILES string of the molecule is CCc1ccc(OCCCC(=O)Nc2sc3c(c2C#N)CC[C@@H](C)C3)cc1. The molecule has 1 aromatic heterocycles. The monoisotopic (exact) mass is 382 g/mol. The van der Waals surface area contributed by atoms with Crippen LogP contribution in [0.25, 0.3) is 0 Å². The Kier molecular flexibility index (Phi) is 6.52. The first-order chi connectivity index (χ1) is 13.1. The number of fused-ring (bicyclic) bond motifs is 1. The van der Waals surface area contributed by atoms with Gasteiger partial charge in [-0.25, -0.2) is 0 Å². The minimum Gasteiger partial charge on any atom is -0.494 e. The normalized spacial score (nSPS) is 15.7. The highest BCUT2D eigenvalue weighted by Gasteiger charge is 2.24. The van der Waals surface area contributed by atoms with Crippen LogP contribution >= 0.6 is 11.3 Å². The summed E-state index contributed by atoms with van der Waals surface area (Å²) in [6.07, 6.45) is 5.10. The topological polar surface area (TPSA) is 62.1 Å². The van der Waals surface area contributed by atoms with Gasteiger partial charge in [-0.05, 0) is 61.3 Å². The lowest BCUT2D eigenvalue weighted by Gasteiger charge is -2.17. The molecule has 27 heavy (non-hydrogen) atoms. The van der Waals surface area contributed by atoms with Gasteiger partial charge in [0.1, 0.15) is 16.8 Å². The molecular weight excluding hydrogens is 356 g/mol. The van der Waals surface area contributed by atoms with E-state index in [-0.39, 0.29) is 5.91 Å². The molecule has 5 heteroatoms. The zero-order valence-electron chi connectivity index (χ0n) is 16.0. The highest BCUT2D eigenvalue weighted by atomic mass is 32.1. The van der Waals surface area contributed by atoms with Crippen LogP contribution in [-0.4, -0.2) is 12.5 Å². The predicted octanol–water partition coefficient (Wildman–Crippen LogP) is 5.10.